The van der Waals surface area contributed by atoms with E-state index in [1.807, 2.05) is 25.5 Å². The molecule has 8 heteroatoms. The van der Waals surface area contributed by atoms with Gasteiger partial charge in [0, 0.05) is 52.5 Å². The fourth-order valence-corrected chi connectivity index (χ4v) is 4.08. The zero-order valence-electron chi connectivity index (χ0n) is 20.0. The number of ether oxygens (including phenoxy) is 1. The largest absolute Gasteiger partial charge is 0.382 e. The standard InChI is InChI=1S/C24H39N7O/c1-5-32-13-9-12-25-24(27-16-23-29-28-20(3)30(23)4)26-15-22-14-19(2)31(18-22)17-21-10-7-6-8-11-21/h6-8,10-11,19,22H,5,9,12-18H2,1-4H3,(H2,25,26,27). The summed E-state index contributed by atoms with van der Waals surface area (Å²) in [5, 5.41) is 15.4. The highest BCUT2D eigenvalue weighted by Gasteiger charge is 2.28. The van der Waals surface area contributed by atoms with Crippen molar-refractivity contribution in [1.82, 2.24) is 30.3 Å². The highest BCUT2D eigenvalue weighted by Crippen LogP contribution is 2.24. The highest BCUT2D eigenvalue weighted by molar-refractivity contribution is 5.79. The summed E-state index contributed by atoms with van der Waals surface area (Å²) in [6, 6.07) is 11.3. The van der Waals surface area contributed by atoms with Gasteiger partial charge in [-0.3, -0.25) is 4.90 Å². The number of rotatable bonds is 11. The van der Waals surface area contributed by atoms with E-state index in [1.165, 1.54) is 12.0 Å². The maximum Gasteiger partial charge on any atom is 0.191 e. The quantitative estimate of drug-likeness (QED) is 0.317. The molecule has 3 rings (SSSR count). The molecular weight excluding hydrogens is 402 g/mol. The third-order valence-electron chi connectivity index (χ3n) is 6.10. The van der Waals surface area contributed by atoms with Gasteiger partial charge < -0.3 is 19.9 Å². The van der Waals surface area contributed by atoms with Crippen molar-refractivity contribution in [3.8, 4) is 0 Å². The summed E-state index contributed by atoms with van der Waals surface area (Å²) in [5.41, 5.74) is 1.38. The van der Waals surface area contributed by atoms with Crippen LogP contribution in [0.4, 0.5) is 0 Å². The van der Waals surface area contributed by atoms with E-state index in [-0.39, 0.29) is 0 Å². The molecule has 1 fully saturated rings. The molecule has 0 saturated carbocycles. The molecule has 0 aliphatic carbocycles. The minimum Gasteiger partial charge on any atom is -0.382 e. The Morgan fingerprint density at radius 2 is 2.03 bits per heavy atom. The molecule has 1 aromatic heterocycles. The Morgan fingerprint density at radius 3 is 2.75 bits per heavy atom. The van der Waals surface area contributed by atoms with E-state index in [2.05, 4.69) is 63.0 Å². The zero-order chi connectivity index (χ0) is 22.8. The van der Waals surface area contributed by atoms with Crippen molar-refractivity contribution in [2.24, 2.45) is 18.0 Å². The van der Waals surface area contributed by atoms with Crippen molar-refractivity contribution in [2.75, 3.05) is 32.8 Å². The maximum absolute atomic E-state index is 5.45. The van der Waals surface area contributed by atoms with E-state index >= 15 is 0 Å². The van der Waals surface area contributed by atoms with Crippen molar-refractivity contribution in [2.45, 2.75) is 52.7 Å². The summed E-state index contributed by atoms with van der Waals surface area (Å²) in [5.74, 6) is 3.19. The third kappa shape index (κ3) is 7.31. The molecule has 2 aromatic rings. The molecule has 176 valence electrons. The summed E-state index contributed by atoms with van der Waals surface area (Å²) in [7, 11) is 1.98. The van der Waals surface area contributed by atoms with Gasteiger partial charge >= 0.3 is 0 Å². The van der Waals surface area contributed by atoms with Crippen molar-refractivity contribution in [3.05, 3.63) is 47.5 Å². The molecule has 1 aliphatic rings. The molecule has 8 nitrogen and oxygen atoms in total. The fourth-order valence-electron chi connectivity index (χ4n) is 4.08. The van der Waals surface area contributed by atoms with Crippen LogP contribution in [0.2, 0.25) is 0 Å². The molecular formula is C24H39N7O. The second kappa shape index (κ2) is 12.6. The first-order valence-corrected chi connectivity index (χ1v) is 11.8. The van der Waals surface area contributed by atoms with Gasteiger partial charge in [0.05, 0.1) is 0 Å². The van der Waals surface area contributed by atoms with Crippen LogP contribution in [0, 0.1) is 12.8 Å². The Morgan fingerprint density at radius 1 is 1.22 bits per heavy atom. The Kier molecular flexibility index (Phi) is 9.49. The molecule has 1 aromatic carbocycles. The molecule has 0 spiro atoms. The molecule has 2 heterocycles. The van der Waals surface area contributed by atoms with Gasteiger partial charge in [-0.1, -0.05) is 30.3 Å². The van der Waals surface area contributed by atoms with Crippen LogP contribution in [0.25, 0.3) is 0 Å². The lowest BCUT2D eigenvalue weighted by Gasteiger charge is -2.21. The first-order valence-electron chi connectivity index (χ1n) is 11.8. The normalized spacial score (nSPS) is 19.4. The fraction of sp³-hybridized carbons (Fsp3) is 0.625. The van der Waals surface area contributed by atoms with Gasteiger partial charge in [0.1, 0.15) is 12.4 Å². The summed E-state index contributed by atoms with van der Waals surface area (Å²) in [6.45, 7) is 12.2. The number of hydrogen-bond donors (Lipinski definition) is 2. The van der Waals surface area contributed by atoms with Crippen LogP contribution < -0.4 is 10.6 Å². The molecule has 1 aliphatic heterocycles. The van der Waals surface area contributed by atoms with Gasteiger partial charge in [0.2, 0.25) is 0 Å². The van der Waals surface area contributed by atoms with Gasteiger partial charge in [-0.15, -0.1) is 10.2 Å². The Balaban J connectivity index is 1.52. The highest BCUT2D eigenvalue weighted by atomic mass is 16.5. The second-order valence-corrected chi connectivity index (χ2v) is 8.61. The number of nitrogens with zero attached hydrogens (tertiary/aromatic N) is 5. The molecule has 2 N–H and O–H groups in total. The smallest absolute Gasteiger partial charge is 0.191 e. The van der Waals surface area contributed by atoms with Crippen LogP contribution in [0.15, 0.2) is 35.3 Å². The molecule has 2 unspecified atom stereocenters. The number of aryl methyl sites for hydroxylation is 1. The van der Waals surface area contributed by atoms with Crippen LogP contribution in [-0.4, -0.2) is 64.5 Å². The minimum atomic E-state index is 0.499. The summed E-state index contributed by atoms with van der Waals surface area (Å²) < 4.78 is 7.43. The second-order valence-electron chi connectivity index (χ2n) is 8.61. The first kappa shape index (κ1) is 24.2. The Bertz CT molecular complexity index is 836. The number of aliphatic imine (C=N–C) groups is 1. The number of nitrogens with one attached hydrogen (secondary N) is 2. The Hall–Kier alpha value is -2.45. The monoisotopic (exact) mass is 441 g/mol. The van der Waals surface area contributed by atoms with E-state index < -0.39 is 0 Å². The summed E-state index contributed by atoms with van der Waals surface area (Å²) >= 11 is 0. The maximum atomic E-state index is 5.45. The lowest BCUT2D eigenvalue weighted by molar-refractivity contribution is 0.145. The van der Waals surface area contributed by atoms with Crippen LogP contribution in [0.1, 0.15) is 43.9 Å². The summed E-state index contributed by atoms with van der Waals surface area (Å²) in [4.78, 5) is 7.35. The van der Waals surface area contributed by atoms with Crippen molar-refractivity contribution in [1.29, 1.82) is 0 Å². The molecule has 2 atom stereocenters. The lowest BCUT2D eigenvalue weighted by atomic mass is 10.1. The molecule has 0 amide bonds. The SMILES string of the molecule is CCOCCCNC(=NCc1nnc(C)n1C)NCC1CC(C)N(Cc2ccccc2)C1. The van der Waals surface area contributed by atoms with E-state index in [1.54, 1.807) is 0 Å². The lowest BCUT2D eigenvalue weighted by Crippen LogP contribution is -2.41. The van der Waals surface area contributed by atoms with E-state index in [0.717, 1.165) is 63.4 Å². The van der Waals surface area contributed by atoms with Crippen LogP contribution in [0.5, 0.6) is 0 Å². The van der Waals surface area contributed by atoms with Gasteiger partial charge in [0.25, 0.3) is 0 Å². The molecule has 1 saturated heterocycles. The van der Waals surface area contributed by atoms with Crippen molar-refractivity contribution >= 4 is 5.96 Å². The van der Waals surface area contributed by atoms with Crippen LogP contribution >= 0.6 is 0 Å². The average molecular weight is 442 g/mol. The number of aromatic nitrogens is 3. The number of likely N-dealkylation sites (tertiary alicyclic amines) is 1. The third-order valence-corrected chi connectivity index (χ3v) is 6.10. The zero-order valence-corrected chi connectivity index (χ0v) is 20.0. The molecule has 0 bridgehead atoms. The average Bonchev–Trinajstić information content (AvgIpc) is 3.31. The molecule has 0 radical (unpaired) electrons. The van der Waals surface area contributed by atoms with Gasteiger partial charge in [-0.2, -0.15) is 0 Å². The number of guanidine groups is 1. The van der Waals surface area contributed by atoms with Crippen molar-refractivity contribution in [3.63, 3.8) is 0 Å². The molecule has 32 heavy (non-hydrogen) atoms. The van der Waals surface area contributed by atoms with Gasteiger partial charge in [0.15, 0.2) is 11.8 Å². The topological polar surface area (TPSA) is 79.6 Å². The number of benzene rings is 1. The van der Waals surface area contributed by atoms with Crippen molar-refractivity contribution < 1.29 is 4.74 Å². The van der Waals surface area contributed by atoms with Crippen LogP contribution in [-0.2, 0) is 24.9 Å². The van der Waals surface area contributed by atoms with E-state index in [9.17, 15) is 0 Å². The first-order chi connectivity index (χ1) is 15.6. The minimum absolute atomic E-state index is 0.499. The predicted molar refractivity (Wildman–Crippen MR) is 128 cm³/mol. The van der Waals surface area contributed by atoms with E-state index in [0.29, 0.717) is 18.5 Å². The Labute approximate surface area is 192 Å². The van der Waals surface area contributed by atoms with Gasteiger partial charge in [-0.05, 0) is 45.1 Å². The number of hydrogen-bond acceptors (Lipinski definition) is 5. The summed E-state index contributed by atoms with van der Waals surface area (Å²) in [6.07, 6.45) is 2.14. The van der Waals surface area contributed by atoms with Crippen LogP contribution in [0.3, 0.4) is 0 Å². The van der Waals surface area contributed by atoms with Gasteiger partial charge in [-0.25, -0.2) is 4.99 Å². The van der Waals surface area contributed by atoms with E-state index in [4.69, 9.17) is 9.73 Å². The predicted octanol–water partition coefficient (Wildman–Crippen LogP) is 2.50.